The second-order valence-electron chi connectivity index (χ2n) is 6.18. The lowest BCUT2D eigenvalue weighted by Crippen LogP contribution is -2.24. The largest absolute Gasteiger partial charge is 0.345 e. The monoisotopic (exact) mass is 213 g/mol. The Hall–Kier alpha value is -0.530. The summed E-state index contributed by atoms with van der Waals surface area (Å²) >= 11 is 0. The molecule has 1 fully saturated rings. The molecule has 1 aliphatic heterocycles. The van der Waals surface area contributed by atoms with Gasteiger partial charge in [0, 0.05) is 13.1 Å². The van der Waals surface area contributed by atoms with E-state index in [1.165, 1.54) is 6.42 Å². The van der Waals surface area contributed by atoms with Gasteiger partial charge < -0.3 is 4.90 Å². The highest BCUT2D eigenvalue weighted by atomic mass is 16.1. The third-order valence-corrected chi connectivity index (χ3v) is 2.59. The Morgan fingerprint density at radius 2 is 1.73 bits per heavy atom. The molecule has 1 amide bonds. The van der Waals surface area contributed by atoms with Crippen LogP contribution in [-0.4, -0.2) is 24.4 Å². The molecule has 0 aromatic rings. The van der Waals surface area contributed by atoms with Gasteiger partial charge in [-0.1, -0.05) is 41.5 Å². The predicted molar refractivity (Wildman–Crippen MR) is 65.7 cm³/mol. The van der Waals surface area contributed by atoms with E-state index in [2.05, 4.69) is 41.5 Å². The van der Waals surface area contributed by atoms with Gasteiger partial charge in [-0.25, -0.2) is 0 Å². The quantitative estimate of drug-likeness (QED) is 0.613. The van der Waals surface area contributed by atoms with E-state index < -0.39 is 0 Å². The minimum Gasteiger partial charge on any atom is -0.345 e. The summed E-state index contributed by atoms with van der Waals surface area (Å²) in [4.78, 5) is 12.3. The van der Waals surface area contributed by atoms with Gasteiger partial charge in [0.1, 0.15) is 0 Å². The molecule has 1 saturated heterocycles. The van der Waals surface area contributed by atoms with Crippen LogP contribution in [0.25, 0.3) is 0 Å². The standard InChI is InChI=1S/C9H17NO.C4H10/c1-9(2,3)8-4-5-10(6-8)7-11;1-4(2)3/h7-8H,4-6H2,1-3H3;4H,1-3H3. The van der Waals surface area contributed by atoms with Crippen molar-refractivity contribution < 1.29 is 4.79 Å². The maximum absolute atomic E-state index is 10.4. The van der Waals surface area contributed by atoms with Crippen LogP contribution in [0.3, 0.4) is 0 Å². The number of likely N-dealkylation sites (tertiary alicyclic amines) is 1. The maximum Gasteiger partial charge on any atom is 0.209 e. The summed E-state index contributed by atoms with van der Waals surface area (Å²) in [5, 5.41) is 0. The first-order valence-corrected chi connectivity index (χ1v) is 5.96. The fraction of sp³-hybridized carbons (Fsp3) is 0.923. The first kappa shape index (κ1) is 14.5. The first-order chi connectivity index (χ1) is 6.77. The molecule has 1 unspecified atom stereocenters. The lowest BCUT2D eigenvalue weighted by atomic mass is 9.80. The molecule has 15 heavy (non-hydrogen) atoms. The molecule has 1 aliphatic rings. The average molecular weight is 213 g/mol. The average Bonchev–Trinajstić information content (AvgIpc) is 2.49. The summed E-state index contributed by atoms with van der Waals surface area (Å²) in [5.74, 6) is 1.52. The lowest BCUT2D eigenvalue weighted by molar-refractivity contribution is -0.117. The van der Waals surface area contributed by atoms with Crippen molar-refractivity contribution in [3.8, 4) is 0 Å². The van der Waals surface area contributed by atoms with E-state index >= 15 is 0 Å². The highest BCUT2D eigenvalue weighted by molar-refractivity contribution is 5.47. The van der Waals surface area contributed by atoms with Crippen LogP contribution in [0.4, 0.5) is 0 Å². The Labute approximate surface area is 95.0 Å². The fourth-order valence-corrected chi connectivity index (χ4v) is 1.59. The van der Waals surface area contributed by atoms with Crippen LogP contribution in [0.1, 0.15) is 48.0 Å². The minimum atomic E-state index is 0.359. The third-order valence-electron chi connectivity index (χ3n) is 2.59. The summed E-state index contributed by atoms with van der Waals surface area (Å²) in [6, 6.07) is 0. The molecule has 0 saturated carbocycles. The van der Waals surface area contributed by atoms with Crippen molar-refractivity contribution in [3.63, 3.8) is 0 Å². The molecule has 0 bridgehead atoms. The molecular weight excluding hydrogens is 186 g/mol. The number of rotatable bonds is 1. The Kier molecular flexibility index (Phi) is 5.92. The number of amides is 1. The molecule has 0 aliphatic carbocycles. The van der Waals surface area contributed by atoms with Crippen LogP contribution in [-0.2, 0) is 4.79 Å². The summed E-state index contributed by atoms with van der Waals surface area (Å²) in [5.41, 5.74) is 0.359. The molecule has 2 heteroatoms. The Morgan fingerprint density at radius 3 is 1.93 bits per heavy atom. The van der Waals surface area contributed by atoms with Gasteiger partial charge >= 0.3 is 0 Å². The van der Waals surface area contributed by atoms with Crippen molar-refractivity contribution in [1.82, 2.24) is 4.90 Å². The van der Waals surface area contributed by atoms with E-state index in [0.29, 0.717) is 11.3 Å². The number of nitrogens with zero attached hydrogens (tertiary/aromatic N) is 1. The number of carbonyl (C=O) groups is 1. The van der Waals surface area contributed by atoms with E-state index in [9.17, 15) is 4.79 Å². The summed E-state index contributed by atoms with van der Waals surface area (Å²) in [6.07, 6.45) is 2.13. The van der Waals surface area contributed by atoms with Crippen molar-refractivity contribution >= 4 is 6.41 Å². The van der Waals surface area contributed by atoms with Crippen LogP contribution in [0.2, 0.25) is 0 Å². The Bertz CT molecular complexity index is 179. The van der Waals surface area contributed by atoms with Crippen molar-refractivity contribution in [2.75, 3.05) is 13.1 Å². The van der Waals surface area contributed by atoms with Crippen LogP contribution in [0.5, 0.6) is 0 Å². The summed E-state index contributed by atoms with van der Waals surface area (Å²) in [6.45, 7) is 15.1. The van der Waals surface area contributed by atoms with Gasteiger partial charge in [-0.15, -0.1) is 0 Å². The van der Waals surface area contributed by atoms with E-state index in [1.807, 2.05) is 4.90 Å². The smallest absolute Gasteiger partial charge is 0.209 e. The Balaban J connectivity index is 0.000000423. The van der Waals surface area contributed by atoms with Gasteiger partial charge in [-0.3, -0.25) is 4.79 Å². The molecule has 0 aromatic carbocycles. The van der Waals surface area contributed by atoms with Crippen molar-refractivity contribution in [2.24, 2.45) is 17.3 Å². The van der Waals surface area contributed by atoms with Crippen LogP contribution in [0.15, 0.2) is 0 Å². The van der Waals surface area contributed by atoms with Gasteiger partial charge in [-0.05, 0) is 23.7 Å². The number of hydrogen-bond acceptors (Lipinski definition) is 1. The van der Waals surface area contributed by atoms with E-state index in [1.54, 1.807) is 0 Å². The first-order valence-electron chi connectivity index (χ1n) is 5.96. The molecule has 1 rings (SSSR count). The summed E-state index contributed by atoms with van der Waals surface area (Å²) < 4.78 is 0. The zero-order chi connectivity index (χ0) is 12.1. The molecule has 0 aromatic heterocycles. The zero-order valence-corrected chi connectivity index (χ0v) is 11.2. The highest BCUT2D eigenvalue weighted by Gasteiger charge is 2.30. The van der Waals surface area contributed by atoms with Gasteiger partial charge in [0.05, 0.1) is 0 Å². The highest BCUT2D eigenvalue weighted by Crippen LogP contribution is 2.32. The maximum atomic E-state index is 10.4. The predicted octanol–water partition coefficient (Wildman–Crippen LogP) is 3.17. The van der Waals surface area contributed by atoms with E-state index in [4.69, 9.17) is 0 Å². The molecule has 2 nitrogen and oxygen atoms in total. The van der Waals surface area contributed by atoms with Gasteiger partial charge in [0.2, 0.25) is 6.41 Å². The van der Waals surface area contributed by atoms with Gasteiger partial charge in [-0.2, -0.15) is 0 Å². The number of hydrogen-bond donors (Lipinski definition) is 0. The molecule has 1 heterocycles. The summed E-state index contributed by atoms with van der Waals surface area (Å²) in [7, 11) is 0. The SMILES string of the molecule is CC(C)(C)C1CCN(C=O)C1.CC(C)C. The van der Waals surface area contributed by atoms with Crippen molar-refractivity contribution in [2.45, 2.75) is 48.0 Å². The van der Waals surface area contributed by atoms with E-state index in [-0.39, 0.29) is 0 Å². The van der Waals surface area contributed by atoms with Crippen LogP contribution in [0, 0.1) is 17.3 Å². The lowest BCUT2D eigenvalue weighted by Gasteiger charge is -2.26. The van der Waals surface area contributed by atoms with Crippen molar-refractivity contribution in [3.05, 3.63) is 0 Å². The van der Waals surface area contributed by atoms with Crippen LogP contribution >= 0.6 is 0 Å². The van der Waals surface area contributed by atoms with Crippen LogP contribution < -0.4 is 0 Å². The second-order valence-corrected chi connectivity index (χ2v) is 6.18. The zero-order valence-electron chi connectivity index (χ0n) is 11.2. The van der Waals surface area contributed by atoms with Crippen molar-refractivity contribution in [1.29, 1.82) is 0 Å². The number of carbonyl (C=O) groups excluding carboxylic acids is 1. The Morgan fingerprint density at radius 1 is 1.27 bits per heavy atom. The molecule has 1 atom stereocenters. The molecule has 0 N–H and O–H groups in total. The molecule has 0 radical (unpaired) electrons. The third kappa shape index (κ3) is 6.53. The molecular formula is C13H27NO. The van der Waals surface area contributed by atoms with Gasteiger partial charge in [0.25, 0.3) is 0 Å². The molecule has 0 spiro atoms. The normalized spacial score (nSPS) is 21.3. The topological polar surface area (TPSA) is 20.3 Å². The fourth-order valence-electron chi connectivity index (χ4n) is 1.59. The molecule has 90 valence electrons. The van der Waals surface area contributed by atoms with Gasteiger partial charge in [0.15, 0.2) is 0 Å². The van der Waals surface area contributed by atoms with E-state index in [0.717, 1.165) is 25.4 Å². The minimum absolute atomic E-state index is 0.359. The second kappa shape index (κ2) is 6.14.